The summed E-state index contributed by atoms with van der Waals surface area (Å²) in [6.45, 7) is 3.22. The van der Waals surface area contributed by atoms with Gasteiger partial charge in [-0.2, -0.15) is 11.3 Å². The predicted octanol–water partition coefficient (Wildman–Crippen LogP) is 2.68. The highest BCUT2D eigenvalue weighted by Gasteiger charge is 2.09. The van der Waals surface area contributed by atoms with Crippen molar-refractivity contribution in [3.05, 3.63) is 57.8 Å². The van der Waals surface area contributed by atoms with Crippen LogP contribution in [0.4, 0.5) is 5.69 Å². The summed E-state index contributed by atoms with van der Waals surface area (Å²) in [4.78, 5) is 35.1. The Morgan fingerprint density at radius 2 is 1.96 bits per heavy atom. The highest BCUT2D eigenvalue weighted by Crippen LogP contribution is 2.17. The molecule has 2 amide bonds. The topological polar surface area (TPSA) is 84.5 Å². The molecule has 2 aromatic rings. The fraction of sp³-hybridized carbons (Fsp3) is 0.211. The number of ether oxygens (including phenoxy) is 1. The van der Waals surface area contributed by atoms with E-state index >= 15 is 0 Å². The van der Waals surface area contributed by atoms with Gasteiger partial charge in [0, 0.05) is 11.8 Å². The molecule has 0 atom stereocenters. The Hall–Kier alpha value is -2.93. The van der Waals surface area contributed by atoms with Gasteiger partial charge in [-0.15, -0.1) is 0 Å². The van der Waals surface area contributed by atoms with E-state index in [1.807, 2.05) is 42.8 Å². The van der Waals surface area contributed by atoms with E-state index in [9.17, 15) is 14.4 Å². The van der Waals surface area contributed by atoms with Gasteiger partial charge in [-0.05, 0) is 59.5 Å². The van der Waals surface area contributed by atoms with Crippen molar-refractivity contribution >= 4 is 40.9 Å². The minimum absolute atomic E-state index is 0.200. The molecular formula is C19H20N2O4S. The molecule has 0 saturated carbocycles. The molecule has 0 spiro atoms. The number of rotatable bonds is 7. The molecule has 2 rings (SSSR count). The van der Waals surface area contributed by atoms with Crippen LogP contribution in [0.3, 0.4) is 0 Å². The first kappa shape index (κ1) is 19.4. The molecule has 0 aliphatic heterocycles. The average Bonchev–Trinajstić information content (AvgIpc) is 3.14. The van der Waals surface area contributed by atoms with Gasteiger partial charge in [0.05, 0.1) is 6.54 Å². The first-order chi connectivity index (χ1) is 12.5. The minimum Gasteiger partial charge on any atom is -0.452 e. The molecule has 0 fully saturated rings. The molecule has 6 nitrogen and oxygen atoms in total. The van der Waals surface area contributed by atoms with Crippen LogP contribution in [-0.4, -0.2) is 30.9 Å². The summed E-state index contributed by atoms with van der Waals surface area (Å²) in [6.07, 6.45) is 2.86. The van der Waals surface area contributed by atoms with E-state index in [0.29, 0.717) is 5.69 Å². The van der Waals surface area contributed by atoms with E-state index in [-0.39, 0.29) is 12.5 Å². The summed E-state index contributed by atoms with van der Waals surface area (Å²) in [6, 6.07) is 7.45. The fourth-order valence-corrected chi connectivity index (χ4v) is 2.66. The second kappa shape index (κ2) is 9.53. The molecule has 136 valence electrons. The van der Waals surface area contributed by atoms with Gasteiger partial charge in [-0.3, -0.25) is 9.59 Å². The first-order valence-corrected chi connectivity index (χ1v) is 8.90. The van der Waals surface area contributed by atoms with Gasteiger partial charge in [0.15, 0.2) is 6.61 Å². The number of carbonyl (C=O) groups excluding carboxylic acids is 3. The SMILES string of the molecule is Cc1cccc(NC(=O)CNC(=O)COC(=O)/C=C/c2ccsc2)c1C. The van der Waals surface area contributed by atoms with Gasteiger partial charge in [0.2, 0.25) is 5.91 Å². The maximum absolute atomic E-state index is 11.9. The Labute approximate surface area is 155 Å². The summed E-state index contributed by atoms with van der Waals surface area (Å²) >= 11 is 1.52. The Kier molecular flexibility index (Phi) is 7.11. The van der Waals surface area contributed by atoms with E-state index in [4.69, 9.17) is 4.74 Å². The normalized spacial score (nSPS) is 10.5. The van der Waals surface area contributed by atoms with Crippen molar-refractivity contribution in [2.75, 3.05) is 18.5 Å². The molecule has 1 aromatic heterocycles. The van der Waals surface area contributed by atoms with E-state index in [1.54, 1.807) is 12.1 Å². The molecule has 26 heavy (non-hydrogen) atoms. The number of amides is 2. The number of aryl methyl sites for hydroxylation is 1. The zero-order valence-electron chi connectivity index (χ0n) is 14.6. The molecule has 0 aliphatic carbocycles. The summed E-state index contributed by atoms with van der Waals surface area (Å²) in [5.74, 6) is -1.51. The maximum Gasteiger partial charge on any atom is 0.331 e. The minimum atomic E-state index is -0.619. The molecule has 0 bridgehead atoms. The van der Waals surface area contributed by atoms with E-state index in [2.05, 4.69) is 10.6 Å². The van der Waals surface area contributed by atoms with Crippen LogP contribution in [0.1, 0.15) is 16.7 Å². The number of thiophene rings is 1. The Bertz CT molecular complexity index is 813. The van der Waals surface area contributed by atoms with Crippen LogP contribution in [0, 0.1) is 13.8 Å². The first-order valence-electron chi connectivity index (χ1n) is 7.95. The van der Waals surface area contributed by atoms with Gasteiger partial charge in [0.25, 0.3) is 5.91 Å². The number of carbonyl (C=O) groups is 3. The lowest BCUT2D eigenvalue weighted by Gasteiger charge is -2.11. The standard InChI is InChI=1S/C19H20N2O4S/c1-13-4-3-5-16(14(13)2)21-17(22)10-20-18(23)11-25-19(24)7-6-15-8-9-26-12-15/h3-9,12H,10-11H2,1-2H3,(H,20,23)(H,21,22)/b7-6+. The fourth-order valence-electron chi connectivity index (χ4n) is 2.03. The van der Waals surface area contributed by atoms with Crippen molar-refractivity contribution in [2.24, 2.45) is 0 Å². The smallest absolute Gasteiger partial charge is 0.331 e. The average molecular weight is 372 g/mol. The second-order valence-corrected chi connectivity index (χ2v) is 6.35. The number of hydrogen-bond donors (Lipinski definition) is 2. The zero-order valence-corrected chi connectivity index (χ0v) is 15.4. The summed E-state index contributed by atoms with van der Waals surface area (Å²) in [7, 11) is 0. The van der Waals surface area contributed by atoms with Crippen molar-refractivity contribution < 1.29 is 19.1 Å². The zero-order chi connectivity index (χ0) is 18.9. The molecular weight excluding hydrogens is 352 g/mol. The van der Waals surface area contributed by atoms with Crippen LogP contribution < -0.4 is 10.6 Å². The van der Waals surface area contributed by atoms with Crippen LogP contribution >= 0.6 is 11.3 Å². The Morgan fingerprint density at radius 3 is 2.69 bits per heavy atom. The van der Waals surface area contributed by atoms with Gasteiger partial charge >= 0.3 is 5.97 Å². The highest BCUT2D eigenvalue weighted by atomic mass is 32.1. The van der Waals surface area contributed by atoms with Crippen molar-refractivity contribution in [3.63, 3.8) is 0 Å². The lowest BCUT2D eigenvalue weighted by Crippen LogP contribution is -2.35. The molecule has 2 N–H and O–H groups in total. The summed E-state index contributed by atoms with van der Waals surface area (Å²) in [5, 5.41) is 8.92. The monoisotopic (exact) mass is 372 g/mol. The molecule has 0 saturated heterocycles. The predicted molar refractivity (Wildman–Crippen MR) is 102 cm³/mol. The van der Waals surface area contributed by atoms with Gasteiger partial charge in [-0.1, -0.05) is 12.1 Å². The summed E-state index contributed by atoms with van der Waals surface area (Å²) in [5.41, 5.74) is 3.63. The van der Waals surface area contributed by atoms with Gasteiger partial charge < -0.3 is 15.4 Å². The number of anilines is 1. The molecule has 0 unspecified atom stereocenters. The quantitative estimate of drug-likeness (QED) is 0.578. The molecule has 0 radical (unpaired) electrons. The van der Waals surface area contributed by atoms with E-state index < -0.39 is 18.5 Å². The third-order valence-electron chi connectivity index (χ3n) is 3.63. The molecule has 0 aliphatic rings. The van der Waals surface area contributed by atoms with Gasteiger partial charge in [0.1, 0.15) is 0 Å². The number of esters is 1. The molecule has 1 heterocycles. The lowest BCUT2D eigenvalue weighted by atomic mass is 10.1. The molecule has 7 heteroatoms. The van der Waals surface area contributed by atoms with Crippen molar-refractivity contribution in [3.8, 4) is 0 Å². The van der Waals surface area contributed by atoms with E-state index in [1.165, 1.54) is 17.4 Å². The number of benzene rings is 1. The molecule has 1 aromatic carbocycles. The van der Waals surface area contributed by atoms with E-state index in [0.717, 1.165) is 16.7 Å². The third kappa shape index (κ3) is 6.18. The summed E-state index contributed by atoms with van der Waals surface area (Å²) < 4.78 is 4.82. The van der Waals surface area contributed by atoms with Crippen LogP contribution in [0.5, 0.6) is 0 Å². The van der Waals surface area contributed by atoms with Crippen molar-refractivity contribution in [1.29, 1.82) is 0 Å². The lowest BCUT2D eigenvalue weighted by molar-refractivity contribution is -0.143. The third-order valence-corrected chi connectivity index (χ3v) is 4.33. The second-order valence-electron chi connectivity index (χ2n) is 5.57. The van der Waals surface area contributed by atoms with Gasteiger partial charge in [-0.25, -0.2) is 4.79 Å². The van der Waals surface area contributed by atoms with Crippen LogP contribution in [0.15, 0.2) is 41.1 Å². The van der Waals surface area contributed by atoms with Crippen LogP contribution in [0.2, 0.25) is 0 Å². The largest absolute Gasteiger partial charge is 0.452 e. The van der Waals surface area contributed by atoms with Crippen molar-refractivity contribution in [1.82, 2.24) is 5.32 Å². The number of nitrogens with one attached hydrogen (secondary N) is 2. The highest BCUT2D eigenvalue weighted by molar-refractivity contribution is 7.08. The Morgan fingerprint density at radius 1 is 1.15 bits per heavy atom. The van der Waals surface area contributed by atoms with Crippen LogP contribution in [0.25, 0.3) is 6.08 Å². The Balaban J connectivity index is 1.70. The number of hydrogen-bond acceptors (Lipinski definition) is 5. The maximum atomic E-state index is 11.9. The van der Waals surface area contributed by atoms with Crippen LogP contribution in [-0.2, 0) is 19.1 Å². The van der Waals surface area contributed by atoms with Crippen molar-refractivity contribution in [2.45, 2.75) is 13.8 Å².